The van der Waals surface area contributed by atoms with Gasteiger partial charge < -0.3 is 62.1 Å². The average molecular weight is 895 g/mol. The maximum Gasteiger partial charge on any atom is 1.00 e. The second kappa shape index (κ2) is 35.5. The van der Waals surface area contributed by atoms with Gasteiger partial charge in [0, 0.05) is 25.1 Å². The van der Waals surface area contributed by atoms with Crippen LogP contribution in [-0.2, 0) is 39.8 Å². The van der Waals surface area contributed by atoms with E-state index in [0.29, 0.717) is 19.4 Å². The molecule has 1 aliphatic rings. The predicted molar refractivity (Wildman–Crippen MR) is 230 cm³/mol. The summed E-state index contributed by atoms with van der Waals surface area (Å²) in [6.45, 7) is 11.5. The first-order valence-corrected chi connectivity index (χ1v) is 22.9. The van der Waals surface area contributed by atoms with Crippen LogP contribution in [0.5, 0.6) is 0 Å². The minimum Gasteiger partial charge on any atom is -0.550 e. The number of aliphatic hydroxyl groups is 3. The Morgan fingerprint density at radius 3 is 1.92 bits per heavy atom. The molecule has 1 aliphatic heterocycles. The number of hydrogen-bond acceptors (Lipinski definition) is 11. The SMILES string of the molecule is [CH2-]C(C)(C)NC(=O)C(CCC(CCc1ccccc1)C(=O)[O-])CC(OC1C(O)C(CCOC(C)CO)OC(OCCCCCCCCCCCCCCCC)C1O)C(N)=O.[Na+].[Na+]. The van der Waals surface area contributed by atoms with Crippen LogP contribution in [0.2, 0.25) is 0 Å². The number of carboxylic acids is 1. The molecular weight excluding hydrogens is 814 g/mol. The van der Waals surface area contributed by atoms with Crippen molar-refractivity contribution in [2.45, 2.75) is 205 Å². The molecule has 2 rings (SSSR count). The Bertz CT molecular complexity index is 1310. The molecule has 9 unspecified atom stereocenters. The number of aliphatic carboxylic acids is 1. The molecule has 62 heavy (non-hydrogen) atoms. The summed E-state index contributed by atoms with van der Waals surface area (Å²) in [5.41, 5.74) is 5.94. The first kappa shape index (κ1) is 61.4. The number of aliphatic hydroxyl groups excluding tert-OH is 3. The quantitative estimate of drug-likeness (QED) is 0.0333. The van der Waals surface area contributed by atoms with Crippen LogP contribution in [0.1, 0.15) is 155 Å². The summed E-state index contributed by atoms with van der Waals surface area (Å²) in [7, 11) is 0. The second-order valence-corrected chi connectivity index (χ2v) is 17.6. The number of carbonyl (C=O) groups excluding carboxylic acids is 3. The van der Waals surface area contributed by atoms with Gasteiger partial charge in [0.2, 0.25) is 11.8 Å². The molecule has 15 heteroatoms. The standard InChI is InChI=1S/C47H81N2O11.2Na/c1-6-7-8-9-10-11-12-13-14-15-16-17-18-22-30-58-46-41(52)42(40(51)38(60-46)29-31-57-34(2)33-50)59-39(43(48)53)32-37(44(54)49-47(3,4)5)28-27-36(45(55)56)26-25-35-23-20-19-21-24-35;;/h19-21,23-24,34,36-42,46,50-52H,3,6-18,22,25-33H2,1-2,4-5H3,(H2,48,53)(H,49,54)(H,55,56);;/q-1;2*+1/p-1. The van der Waals surface area contributed by atoms with Crippen LogP contribution in [0.15, 0.2) is 30.3 Å². The Morgan fingerprint density at radius 1 is 0.855 bits per heavy atom. The molecule has 0 aromatic heterocycles. The fourth-order valence-corrected chi connectivity index (χ4v) is 7.62. The van der Waals surface area contributed by atoms with E-state index in [4.69, 9.17) is 24.7 Å². The fourth-order valence-electron chi connectivity index (χ4n) is 7.62. The van der Waals surface area contributed by atoms with Crippen LogP contribution in [0.3, 0.4) is 0 Å². The number of aryl methyl sites for hydroxylation is 1. The first-order chi connectivity index (χ1) is 28.7. The topological polar surface area (TPSA) is 210 Å². The van der Waals surface area contributed by atoms with Crippen molar-refractivity contribution in [3.63, 3.8) is 0 Å². The van der Waals surface area contributed by atoms with Crippen LogP contribution in [0.25, 0.3) is 0 Å². The minimum absolute atomic E-state index is 0. The molecule has 1 saturated heterocycles. The number of primary amides is 1. The number of hydrogen-bond donors (Lipinski definition) is 5. The maximum absolute atomic E-state index is 13.6. The van der Waals surface area contributed by atoms with Crippen LogP contribution >= 0.6 is 0 Å². The minimum atomic E-state index is -1.52. The summed E-state index contributed by atoms with van der Waals surface area (Å²) in [5.74, 6) is -4.44. The van der Waals surface area contributed by atoms with E-state index in [1.165, 1.54) is 64.2 Å². The molecule has 0 bridgehead atoms. The number of nitrogens with one attached hydrogen (secondary N) is 1. The predicted octanol–water partition coefficient (Wildman–Crippen LogP) is -0.520. The van der Waals surface area contributed by atoms with Gasteiger partial charge in [-0.15, -0.1) is 0 Å². The molecule has 0 saturated carbocycles. The van der Waals surface area contributed by atoms with Crippen LogP contribution in [0, 0.1) is 18.8 Å². The number of benzene rings is 1. The summed E-state index contributed by atoms with van der Waals surface area (Å²) in [4.78, 5) is 38.8. The molecule has 2 amide bonds. The van der Waals surface area contributed by atoms with Gasteiger partial charge in [-0.05, 0) is 63.4 Å². The summed E-state index contributed by atoms with van der Waals surface area (Å²) >= 11 is 0. The van der Waals surface area contributed by atoms with Gasteiger partial charge in [-0.25, -0.2) is 0 Å². The Balaban J connectivity index is 0.0000186. The molecule has 0 spiro atoms. The molecule has 0 aliphatic carbocycles. The Hall–Kier alpha value is -0.650. The number of ether oxygens (including phenoxy) is 4. The summed E-state index contributed by atoms with van der Waals surface area (Å²) < 4.78 is 23.8. The van der Waals surface area contributed by atoms with Gasteiger partial charge in [0.1, 0.15) is 24.4 Å². The number of amides is 2. The van der Waals surface area contributed by atoms with Crippen molar-refractivity contribution < 1.29 is 113 Å². The molecule has 6 N–H and O–H groups in total. The monoisotopic (exact) mass is 895 g/mol. The molecule has 346 valence electrons. The van der Waals surface area contributed by atoms with Crippen molar-refractivity contribution in [3.8, 4) is 0 Å². The van der Waals surface area contributed by atoms with E-state index >= 15 is 0 Å². The summed E-state index contributed by atoms with van der Waals surface area (Å²) in [6.07, 6.45) is 9.40. The van der Waals surface area contributed by atoms with Crippen molar-refractivity contribution in [3.05, 3.63) is 42.8 Å². The van der Waals surface area contributed by atoms with Gasteiger partial charge in [0.05, 0.1) is 18.8 Å². The fraction of sp³-hybridized carbons (Fsp3) is 0.787. The first-order valence-electron chi connectivity index (χ1n) is 22.9. The third-order valence-corrected chi connectivity index (χ3v) is 11.3. The molecule has 1 fully saturated rings. The van der Waals surface area contributed by atoms with Gasteiger partial charge >= 0.3 is 59.1 Å². The zero-order valence-electron chi connectivity index (χ0n) is 39.2. The van der Waals surface area contributed by atoms with Crippen molar-refractivity contribution >= 4 is 17.8 Å². The number of rotatable bonds is 35. The van der Waals surface area contributed by atoms with Gasteiger partial charge in [-0.3, -0.25) is 9.59 Å². The van der Waals surface area contributed by atoms with E-state index in [2.05, 4.69) is 19.2 Å². The van der Waals surface area contributed by atoms with E-state index in [-0.39, 0.29) is 98.0 Å². The normalized spacial score (nSPS) is 20.9. The van der Waals surface area contributed by atoms with E-state index in [0.717, 1.165) is 31.2 Å². The van der Waals surface area contributed by atoms with E-state index in [1.54, 1.807) is 20.8 Å². The Morgan fingerprint density at radius 2 is 1.40 bits per heavy atom. The molecule has 1 aromatic rings. The van der Waals surface area contributed by atoms with E-state index in [1.807, 2.05) is 30.3 Å². The molecule has 13 nitrogen and oxygen atoms in total. The largest absolute Gasteiger partial charge is 1.00 e. The van der Waals surface area contributed by atoms with Gasteiger partial charge in [0.15, 0.2) is 6.29 Å². The number of carbonyl (C=O) groups is 3. The number of nitrogens with two attached hydrogens (primary N) is 1. The van der Waals surface area contributed by atoms with Crippen molar-refractivity contribution in [2.75, 3.05) is 19.8 Å². The number of unbranched alkanes of at least 4 members (excludes halogenated alkanes) is 13. The van der Waals surface area contributed by atoms with Crippen molar-refractivity contribution in [1.82, 2.24) is 5.32 Å². The molecular formula is C47H80N2Na2O11. The average Bonchev–Trinajstić information content (AvgIpc) is 3.20. The maximum atomic E-state index is 13.6. The van der Waals surface area contributed by atoms with Gasteiger partial charge in [0.25, 0.3) is 0 Å². The van der Waals surface area contributed by atoms with Crippen molar-refractivity contribution in [1.29, 1.82) is 0 Å². The molecule has 0 radical (unpaired) electrons. The van der Waals surface area contributed by atoms with Gasteiger partial charge in [-0.2, -0.15) is 0 Å². The Kier molecular flexibility index (Phi) is 35.2. The Labute approximate surface area is 417 Å². The smallest absolute Gasteiger partial charge is 0.550 e. The molecule has 1 aromatic carbocycles. The van der Waals surface area contributed by atoms with E-state index < -0.39 is 78.1 Å². The van der Waals surface area contributed by atoms with Crippen molar-refractivity contribution in [2.24, 2.45) is 17.6 Å². The molecule has 9 atom stereocenters. The zero-order valence-corrected chi connectivity index (χ0v) is 43.2. The van der Waals surface area contributed by atoms with Crippen LogP contribution < -0.4 is 75.3 Å². The van der Waals surface area contributed by atoms with Gasteiger partial charge in [-0.1, -0.05) is 140 Å². The van der Waals surface area contributed by atoms with Crippen LogP contribution in [-0.4, -0.2) is 101 Å². The third kappa shape index (κ3) is 26.5. The third-order valence-electron chi connectivity index (χ3n) is 11.3. The van der Waals surface area contributed by atoms with E-state index in [9.17, 15) is 34.8 Å². The molecule has 1 heterocycles. The summed E-state index contributed by atoms with van der Waals surface area (Å²) in [6, 6.07) is 9.46. The second-order valence-electron chi connectivity index (χ2n) is 17.6. The number of carboxylic acid groups (broad SMARTS) is 1. The van der Waals surface area contributed by atoms with Crippen LogP contribution in [0.4, 0.5) is 0 Å². The zero-order chi connectivity index (χ0) is 44.3. The summed E-state index contributed by atoms with van der Waals surface area (Å²) in [5, 5.41) is 47.4.